The first kappa shape index (κ1) is 14.2. The molecule has 0 aliphatic rings. The molecular formula is C8H14F3NO3. The Morgan fingerprint density at radius 2 is 2.00 bits per heavy atom. The number of nitrogens with one attached hydrogen (secondary N) is 1. The van der Waals surface area contributed by atoms with Crippen LogP contribution in [0.4, 0.5) is 13.2 Å². The molecule has 0 aromatic rings. The number of hydrogen-bond donors (Lipinski definition) is 1. The summed E-state index contributed by atoms with van der Waals surface area (Å²) in [6.07, 6.45) is -5.33. The smallest absolute Gasteiger partial charge is 0.353 e. The SMILES string of the molecule is CCOC(C)OCCNC(=O)C(F)(F)F. The molecule has 1 amide bonds. The second-order valence-electron chi connectivity index (χ2n) is 2.65. The molecule has 1 N–H and O–H groups in total. The van der Waals surface area contributed by atoms with Crippen LogP contribution in [0, 0.1) is 0 Å². The van der Waals surface area contributed by atoms with Gasteiger partial charge in [-0.25, -0.2) is 0 Å². The largest absolute Gasteiger partial charge is 0.471 e. The van der Waals surface area contributed by atoms with Gasteiger partial charge in [0.2, 0.25) is 0 Å². The van der Waals surface area contributed by atoms with Crippen molar-refractivity contribution in [2.45, 2.75) is 26.3 Å². The molecule has 15 heavy (non-hydrogen) atoms. The van der Waals surface area contributed by atoms with E-state index in [9.17, 15) is 18.0 Å². The topological polar surface area (TPSA) is 47.6 Å². The van der Waals surface area contributed by atoms with E-state index in [2.05, 4.69) is 0 Å². The highest BCUT2D eigenvalue weighted by molar-refractivity contribution is 5.81. The molecular weight excluding hydrogens is 215 g/mol. The molecule has 0 rings (SSSR count). The first-order chi connectivity index (χ1) is 6.88. The maximum Gasteiger partial charge on any atom is 0.471 e. The minimum Gasteiger partial charge on any atom is -0.353 e. The minimum absolute atomic E-state index is 0.0248. The summed E-state index contributed by atoms with van der Waals surface area (Å²) in [6, 6.07) is 0. The third-order valence-electron chi connectivity index (χ3n) is 1.40. The summed E-state index contributed by atoms with van der Waals surface area (Å²) in [4.78, 5) is 10.3. The average molecular weight is 229 g/mol. The fourth-order valence-corrected chi connectivity index (χ4v) is 0.772. The van der Waals surface area contributed by atoms with Gasteiger partial charge in [0, 0.05) is 13.2 Å². The van der Waals surface area contributed by atoms with Crippen molar-refractivity contribution in [2.24, 2.45) is 0 Å². The van der Waals surface area contributed by atoms with Crippen LogP contribution < -0.4 is 5.32 Å². The molecule has 90 valence electrons. The Morgan fingerprint density at radius 3 is 2.47 bits per heavy atom. The summed E-state index contributed by atoms with van der Waals surface area (Å²) in [5.74, 6) is -1.96. The number of carbonyl (C=O) groups excluding carboxylic acids is 1. The highest BCUT2D eigenvalue weighted by Gasteiger charge is 2.38. The van der Waals surface area contributed by atoms with E-state index in [-0.39, 0.29) is 13.2 Å². The van der Waals surface area contributed by atoms with E-state index in [1.165, 1.54) is 0 Å². The van der Waals surface area contributed by atoms with Crippen molar-refractivity contribution in [1.82, 2.24) is 5.32 Å². The summed E-state index contributed by atoms with van der Waals surface area (Å²) < 4.78 is 44.9. The van der Waals surface area contributed by atoms with Crippen molar-refractivity contribution in [3.8, 4) is 0 Å². The van der Waals surface area contributed by atoms with Crippen molar-refractivity contribution < 1.29 is 27.4 Å². The van der Waals surface area contributed by atoms with E-state index < -0.39 is 18.4 Å². The fourth-order valence-electron chi connectivity index (χ4n) is 0.772. The van der Waals surface area contributed by atoms with Crippen LogP contribution in [0.5, 0.6) is 0 Å². The van der Waals surface area contributed by atoms with Crippen molar-refractivity contribution >= 4 is 5.91 Å². The molecule has 0 radical (unpaired) electrons. The Bertz CT molecular complexity index is 196. The number of carbonyl (C=O) groups is 1. The monoisotopic (exact) mass is 229 g/mol. The molecule has 7 heteroatoms. The Labute approximate surface area is 85.7 Å². The van der Waals surface area contributed by atoms with Crippen molar-refractivity contribution in [1.29, 1.82) is 0 Å². The van der Waals surface area contributed by atoms with Crippen molar-refractivity contribution in [3.63, 3.8) is 0 Å². The van der Waals surface area contributed by atoms with Gasteiger partial charge in [-0.15, -0.1) is 0 Å². The first-order valence-corrected chi connectivity index (χ1v) is 4.46. The second kappa shape index (κ2) is 6.62. The van der Waals surface area contributed by atoms with Crippen LogP contribution in [0.25, 0.3) is 0 Å². The van der Waals surface area contributed by atoms with Gasteiger partial charge in [0.15, 0.2) is 6.29 Å². The summed E-state index contributed by atoms with van der Waals surface area (Å²) in [5, 5.41) is 1.68. The molecule has 0 aliphatic carbocycles. The van der Waals surface area contributed by atoms with Gasteiger partial charge < -0.3 is 14.8 Å². The fraction of sp³-hybridized carbons (Fsp3) is 0.875. The van der Waals surface area contributed by atoms with Crippen LogP contribution in [-0.2, 0) is 14.3 Å². The van der Waals surface area contributed by atoms with Gasteiger partial charge in [-0.2, -0.15) is 13.2 Å². The Hall–Kier alpha value is -0.820. The minimum atomic E-state index is -4.84. The van der Waals surface area contributed by atoms with Crippen LogP contribution in [0.3, 0.4) is 0 Å². The Morgan fingerprint density at radius 1 is 1.40 bits per heavy atom. The number of hydrogen-bond acceptors (Lipinski definition) is 3. The molecule has 0 heterocycles. The maximum absolute atomic E-state index is 11.7. The van der Waals surface area contributed by atoms with Crippen molar-refractivity contribution in [3.05, 3.63) is 0 Å². The van der Waals surface area contributed by atoms with E-state index in [1.54, 1.807) is 19.2 Å². The van der Waals surface area contributed by atoms with Crippen LogP contribution >= 0.6 is 0 Å². The molecule has 1 unspecified atom stereocenters. The van der Waals surface area contributed by atoms with Gasteiger partial charge in [0.1, 0.15) is 0 Å². The molecule has 4 nitrogen and oxygen atoms in total. The quantitative estimate of drug-likeness (QED) is 0.547. The molecule has 1 atom stereocenters. The molecule has 0 aromatic heterocycles. The van der Waals surface area contributed by atoms with Crippen LogP contribution in [-0.4, -0.2) is 38.1 Å². The lowest BCUT2D eigenvalue weighted by Crippen LogP contribution is -2.38. The number of rotatable bonds is 6. The van der Waals surface area contributed by atoms with Gasteiger partial charge in [0.25, 0.3) is 0 Å². The third-order valence-corrected chi connectivity index (χ3v) is 1.40. The summed E-state index contributed by atoms with van der Waals surface area (Å²) >= 11 is 0. The van der Waals surface area contributed by atoms with E-state index >= 15 is 0 Å². The van der Waals surface area contributed by atoms with Crippen LogP contribution in [0.2, 0.25) is 0 Å². The average Bonchev–Trinajstić information content (AvgIpc) is 2.11. The van der Waals surface area contributed by atoms with Gasteiger partial charge in [-0.05, 0) is 13.8 Å². The number of amides is 1. The van der Waals surface area contributed by atoms with Crippen LogP contribution in [0.1, 0.15) is 13.8 Å². The third kappa shape index (κ3) is 7.15. The van der Waals surface area contributed by atoms with Gasteiger partial charge in [0.05, 0.1) is 6.61 Å². The lowest BCUT2D eigenvalue weighted by molar-refractivity contribution is -0.174. The molecule has 0 saturated heterocycles. The predicted octanol–water partition coefficient (Wildman–Crippen LogP) is 1.06. The van der Waals surface area contributed by atoms with Gasteiger partial charge in [-0.1, -0.05) is 0 Å². The zero-order chi connectivity index (χ0) is 11.9. The highest BCUT2D eigenvalue weighted by atomic mass is 19.4. The zero-order valence-corrected chi connectivity index (χ0v) is 8.56. The van der Waals surface area contributed by atoms with Gasteiger partial charge >= 0.3 is 12.1 Å². The number of halogens is 3. The van der Waals surface area contributed by atoms with Crippen LogP contribution in [0.15, 0.2) is 0 Å². The van der Waals surface area contributed by atoms with E-state index in [0.29, 0.717) is 6.61 Å². The highest BCUT2D eigenvalue weighted by Crippen LogP contribution is 2.13. The molecule has 0 fully saturated rings. The molecule has 0 spiro atoms. The first-order valence-electron chi connectivity index (χ1n) is 4.46. The van der Waals surface area contributed by atoms with Crippen molar-refractivity contribution in [2.75, 3.05) is 19.8 Å². The molecule has 0 aliphatic heterocycles. The lowest BCUT2D eigenvalue weighted by Gasteiger charge is -2.13. The number of alkyl halides is 3. The molecule has 0 saturated carbocycles. The predicted molar refractivity (Wildman–Crippen MR) is 46.1 cm³/mol. The molecule has 0 bridgehead atoms. The van der Waals surface area contributed by atoms with E-state index in [4.69, 9.17) is 9.47 Å². The lowest BCUT2D eigenvalue weighted by atomic mass is 10.5. The van der Waals surface area contributed by atoms with E-state index in [1.807, 2.05) is 0 Å². The van der Waals surface area contributed by atoms with E-state index in [0.717, 1.165) is 0 Å². The second-order valence-corrected chi connectivity index (χ2v) is 2.65. The molecule has 0 aromatic carbocycles. The summed E-state index contributed by atoms with van der Waals surface area (Å²) in [6.45, 7) is 3.62. The summed E-state index contributed by atoms with van der Waals surface area (Å²) in [5.41, 5.74) is 0. The normalized spacial score (nSPS) is 13.7. The zero-order valence-electron chi connectivity index (χ0n) is 8.56. The standard InChI is InChI=1S/C8H14F3NO3/c1-3-14-6(2)15-5-4-12-7(13)8(9,10)11/h6H,3-5H2,1-2H3,(H,12,13). The Kier molecular flexibility index (Phi) is 6.26. The van der Waals surface area contributed by atoms with Gasteiger partial charge in [-0.3, -0.25) is 4.79 Å². The summed E-state index contributed by atoms with van der Waals surface area (Å²) in [7, 11) is 0. The number of ether oxygens (including phenoxy) is 2. The maximum atomic E-state index is 11.7. The Balaban J connectivity index is 3.51.